The van der Waals surface area contributed by atoms with Gasteiger partial charge in [-0.2, -0.15) is 0 Å². The summed E-state index contributed by atoms with van der Waals surface area (Å²) in [4.78, 5) is 25.6. The molecule has 7 heteroatoms. The molecule has 118 valence electrons. The lowest BCUT2D eigenvalue weighted by atomic mass is 10.2. The van der Waals surface area contributed by atoms with Crippen molar-refractivity contribution >= 4 is 39.1 Å². The highest BCUT2D eigenvalue weighted by molar-refractivity contribution is 9.10. The Morgan fingerprint density at radius 1 is 1.39 bits per heavy atom. The SMILES string of the molecule is C=CCN1C(=O)COc2ccc(NC(=O)c3ccc(Br)o3)cc21. The van der Waals surface area contributed by atoms with Crippen LogP contribution in [-0.4, -0.2) is 25.0 Å². The third-order valence-corrected chi connectivity index (χ3v) is 3.69. The van der Waals surface area contributed by atoms with Crippen LogP contribution in [0.4, 0.5) is 11.4 Å². The lowest BCUT2D eigenvalue weighted by Crippen LogP contribution is -2.38. The lowest BCUT2D eigenvalue weighted by molar-refractivity contribution is -0.121. The van der Waals surface area contributed by atoms with Gasteiger partial charge in [0.05, 0.1) is 5.69 Å². The Morgan fingerprint density at radius 3 is 2.91 bits per heavy atom. The van der Waals surface area contributed by atoms with E-state index in [4.69, 9.17) is 9.15 Å². The van der Waals surface area contributed by atoms with Crippen molar-refractivity contribution in [1.29, 1.82) is 0 Å². The molecule has 2 heterocycles. The third-order valence-electron chi connectivity index (χ3n) is 3.27. The van der Waals surface area contributed by atoms with Crippen molar-refractivity contribution in [2.45, 2.75) is 0 Å². The number of rotatable bonds is 4. The highest BCUT2D eigenvalue weighted by Gasteiger charge is 2.25. The van der Waals surface area contributed by atoms with E-state index >= 15 is 0 Å². The summed E-state index contributed by atoms with van der Waals surface area (Å²) in [5, 5.41) is 2.73. The summed E-state index contributed by atoms with van der Waals surface area (Å²) in [5.74, 6) is 0.236. The molecule has 0 saturated carbocycles. The minimum Gasteiger partial charge on any atom is -0.482 e. The molecule has 0 spiro atoms. The molecule has 1 aromatic carbocycles. The molecule has 1 aromatic heterocycles. The first kappa shape index (κ1) is 15.4. The number of fused-ring (bicyclic) bond motifs is 1. The van der Waals surface area contributed by atoms with Crippen molar-refractivity contribution in [2.24, 2.45) is 0 Å². The van der Waals surface area contributed by atoms with Gasteiger partial charge in [-0.15, -0.1) is 6.58 Å². The molecule has 3 rings (SSSR count). The van der Waals surface area contributed by atoms with Gasteiger partial charge in [0.1, 0.15) is 5.75 Å². The highest BCUT2D eigenvalue weighted by atomic mass is 79.9. The summed E-state index contributed by atoms with van der Waals surface area (Å²) < 4.78 is 11.1. The highest BCUT2D eigenvalue weighted by Crippen LogP contribution is 2.34. The van der Waals surface area contributed by atoms with Crippen LogP contribution in [-0.2, 0) is 4.79 Å². The first-order valence-corrected chi connectivity index (χ1v) is 7.62. The Morgan fingerprint density at radius 2 is 2.22 bits per heavy atom. The summed E-state index contributed by atoms with van der Waals surface area (Å²) in [7, 11) is 0. The maximum Gasteiger partial charge on any atom is 0.291 e. The Balaban J connectivity index is 1.86. The van der Waals surface area contributed by atoms with E-state index in [1.54, 1.807) is 41.3 Å². The van der Waals surface area contributed by atoms with Gasteiger partial charge >= 0.3 is 0 Å². The predicted octanol–water partition coefficient (Wildman–Crippen LogP) is 3.21. The zero-order valence-electron chi connectivity index (χ0n) is 12.0. The third kappa shape index (κ3) is 3.14. The van der Waals surface area contributed by atoms with E-state index in [0.29, 0.717) is 28.3 Å². The molecule has 1 aliphatic heterocycles. The zero-order chi connectivity index (χ0) is 16.4. The summed E-state index contributed by atoms with van der Waals surface area (Å²) in [6.07, 6.45) is 1.64. The standard InChI is InChI=1S/C16H13BrN2O4/c1-2-7-19-11-8-10(3-4-12(11)22-9-15(19)20)18-16(21)13-5-6-14(17)23-13/h2-6,8H,1,7,9H2,(H,18,21). The molecule has 1 N–H and O–H groups in total. The van der Waals surface area contributed by atoms with Gasteiger partial charge in [-0.25, -0.2) is 0 Å². The smallest absolute Gasteiger partial charge is 0.291 e. The first-order chi connectivity index (χ1) is 11.1. The van der Waals surface area contributed by atoms with Gasteiger partial charge in [0, 0.05) is 12.2 Å². The first-order valence-electron chi connectivity index (χ1n) is 6.83. The fourth-order valence-electron chi connectivity index (χ4n) is 2.24. The quantitative estimate of drug-likeness (QED) is 0.831. The van der Waals surface area contributed by atoms with E-state index in [1.165, 1.54) is 0 Å². The number of anilines is 2. The van der Waals surface area contributed by atoms with E-state index in [1.807, 2.05) is 0 Å². The van der Waals surface area contributed by atoms with Crippen LogP contribution in [0.1, 0.15) is 10.6 Å². The lowest BCUT2D eigenvalue weighted by Gasteiger charge is -2.28. The second-order valence-electron chi connectivity index (χ2n) is 4.82. The zero-order valence-corrected chi connectivity index (χ0v) is 13.6. The fourth-order valence-corrected chi connectivity index (χ4v) is 2.54. The fraction of sp³-hybridized carbons (Fsp3) is 0.125. The minimum atomic E-state index is -0.381. The van der Waals surface area contributed by atoms with Crippen molar-refractivity contribution in [1.82, 2.24) is 0 Å². The number of nitrogens with one attached hydrogen (secondary N) is 1. The van der Waals surface area contributed by atoms with Crippen LogP contribution in [0, 0.1) is 0 Å². The Hall–Kier alpha value is -2.54. The number of ether oxygens (including phenoxy) is 1. The van der Waals surface area contributed by atoms with Gasteiger partial charge in [0.2, 0.25) is 0 Å². The molecule has 0 saturated heterocycles. The number of nitrogens with zero attached hydrogens (tertiary/aromatic N) is 1. The molecule has 0 radical (unpaired) electrons. The Labute approximate surface area is 140 Å². The van der Waals surface area contributed by atoms with Crippen molar-refractivity contribution < 1.29 is 18.7 Å². The summed E-state index contributed by atoms with van der Waals surface area (Å²) in [6.45, 7) is 4.02. The molecule has 0 atom stereocenters. The van der Waals surface area contributed by atoms with Gasteiger partial charge in [0.25, 0.3) is 11.8 Å². The number of furan rings is 1. The monoisotopic (exact) mass is 376 g/mol. The number of amides is 2. The van der Waals surface area contributed by atoms with Crippen molar-refractivity contribution in [3.8, 4) is 5.75 Å². The van der Waals surface area contributed by atoms with Crippen molar-refractivity contribution in [2.75, 3.05) is 23.4 Å². The second-order valence-corrected chi connectivity index (χ2v) is 5.60. The van der Waals surface area contributed by atoms with Crippen LogP contribution in [0.2, 0.25) is 0 Å². The van der Waals surface area contributed by atoms with Gasteiger partial charge in [-0.05, 0) is 46.3 Å². The number of halogens is 1. The number of carbonyl (C=O) groups is 2. The van der Waals surface area contributed by atoms with Crippen molar-refractivity contribution in [3.63, 3.8) is 0 Å². The van der Waals surface area contributed by atoms with Crippen LogP contribution < -0.4 is 15.0 Å². The molecule has 0 unspecified atom stereocenters. The minimum absolute atomic E-state index is 0.00698. The molecule has 0 fully saturated rings. The number of carbonyl (C=O) groups excluding carboxylic acids is 2. The van der Waals surface area contributed by atoms with E-state index in [2.05, 4.69) is 27.8 Å². The molecule has 2 amide bonds. The second kappa shape index (κ2) is 6.29. The van der Waals surface area contributed by atoms with Crippen LogP contribution in [0.15, 0.2) is 52.1 Å². The molecule has 0 aliphatic carbocycles. The predicted molar refractivity (Wildman–Crippen MR) is 88.8 cm³/mol. The summed E-state index contributed by atoms with van der Waals surface area (Å²) >= 11 is 3.15. The molecular formula is C16H13BrN2O4. The van der Waals surface area contributed by atoms with Crippen LogP contribution in [0.5, 0.6) is 5.75 Å². The Bertz CT molecular complexity index is 784. The van der Waals surface area contributed by atoms with Crippen LogP contribution >= 0.6 is 15.9 Å². The summed E-state index contributed by atoms with van der Waals surface area (Å²) in [6, 6.07) is 8.31. The van der Waals surface area contributed by atoms with Gasteiger partial charge in [0.15, 0.2) is 17.0 Å². The average molecular weight is 377 g/mol. The van der Waals surface area contributed by atoms with E-state index in [-0.39, 0.29) is 24.2 Å². The molecule has 6 nitrogen and oxygen atoms in total. The maximum atomic E-state index is 12.1. The number of hydrogen-bond acceptors (Lipinski definition) is 4. The van der Waals surface area contributed by atoms with E-state index < -0.39 is 0 Å². The van der Waals surface area contributed by atoms with E-state index in [0.717, 1.165) is 0 Å². The van der Waals surface area contributed by atoms with Crippen molar-refractivity contribution in [3.05, 3.63) is 53.4 Å². The molecule has 1 aliphatic rings. The van der Waals surface area contributed by atoms with Crippen LogP contribution in [0.3, 0.4) is 0 Å². The topological polar surface area (TPSA) is 71.8 Å². The average Bonchev–Trinajstić information content (AvgIpc) is 2.97. The molecule has 2 aromatic rings. The molecule has 23 heavy (non-hydrogen) atoms. The number of benzene rings is 1. The molecular weight excluding hydrogens is 364 g/mol. The van der Waals surface area contributed by atoms with E-state index in [9.17, 15) is 9.59 Å². The largest absolute Gasteiger partial charge is 0.482 e. The maximum absolute atomic E-state index is 12.1. The molecule has 0 bridgehead atoms. The number of hydrogen-bond donors (Lipinski definition) is 1. The van der Waals surface area contributed by atoms with Gasteiger partial charge in [-0.1, -0.05) is 6.08 Å². The van der Waals surface area contributed by atoms with Gasteiger partial charge < -0.3 is 19.4 Å². The Kier molecular flexibility index (Phi) is 4.20. The van der Waals surface area contributed by atoms with Gasteiger partial charge in [-0.3, -0.25) is 9.59 Å². The normalized spacial score (nSPS) is 13.3. The van der Waals surface area contributed by atoms with Crippen LogP contribution in [0.25, 0.3) is 0 Å². The summed E-state index contributed by atoms with van der Waals surface area (Å²) in [5.41, 5.74) is 1.13.